The third-order valence-corrected chi connectivity index (χ3v) is 4.62. The molecule has 0 unspecified atom stereocenters. The van der Waals surface area contributed by atoms with Gasteiger partial charge < -0.3 is 19.7 Å². The van der Waals surface area contributed by atoms with Crippen molar-refractivity contribution in [2.24, 2.45) is 5.92 Å². The number of hydrogen-bond acceptors (Lipinski definition) is 4. The van der Waals surface area contributed by atoms with Crippen molar-refractivity contribution < 1.29 is 32.2 Å². The molecule has 1 atom stereocenters. The molecular weight excluding hydrogens is 377 g/mol. The number of halogens is 3. The number of hydrogen-bond donors (Lipinski definition) is 1. The van der Waals surface area contributed by atoms with E-state index in [1.54, 1.807) is 18.2 Å². The smallest absolute Gasteiger partial charge is 0.416 e. The molecule has 0 bridgehead atoms. The zero-order valence-corrected chi connectivity index (χ0v) is 14.5. The lowest BCUT2D eigenvalue weighted by atomic mass is 10.1. The lowest BCUT2D eigenvalue weighted by molar-refractivity contribution is -0.137. The number of fused-ring (bicyclic) bond motifs is 1. The van der Waals surface area contributed by atoms with Crippen molar-refractivity contribution in [3.05, 3.63) is 48.0 Å². The number of carbonyl (C=O) groups is 2. The Bertz CT molecular complexity index is 945. The van der Waals surface area contributed by atoms with Crippen LogP contribution in [0.5, 0.6) is 11.5 Å². The summed E-state index contributed by atoms with van der Waals surface area (Å²) in [6, 6.07) is 9.43. The fourth-order valence-corrected chi connectivity index (χ4v) is 3.20. The number of ether oxygens (including phenoxy) is 2. The van der Waals surface area contributed by atoms with Crippen LogP contribution in [-0.2, 0) is 15.8 Å². The second-order valence-electron chi connectivity index (χ2n) is 6.51. The van der Waals surface area contributed by atoms with Gasteiger partial charge in [-0.2, -0.15) is 13.2 Å². The third-order valence-electron chi connectivity index (χ3n) is 4.62. The van der Waals surface area contributed by atoms with E-state index in [0.29, 0.717) is 17.2 Å². The molecule has 146 valence electrons. The molecule has 2 aromatic carbocycles. The first kappa shape index (κ1) is 18.1. The van der Waals surface area contributed by atoms with Crippen LogP contribution in [0.15, 0.2) is 42.5 Å². The van der Waals surface area contributed by atoms with Crippen molar-refractivity contribution in [2.75, 3.05) is 23.6 Å². The first-order valence-corrected chi connectivity index (χ1v) is 8.49. The maximum absolute atomic E-state index is 12.9. The Hall–Kier alpha value is -3.23. The quantitative estimate of drug-likeness (QED) is 0.869. The van der Waals surface area contributed by atoms with Gasteiger partial charge in [0.2, 0.25) is 18.6 Å². The van der Waals surface area contributed by atoms with E-state index in [9.17, 15) is 22.8 Å². The van der Waals surface area contributed by atoms with Gasteiger partial charge in [0, 0.05) is 30.4 Å². The highest BCUT2D eigenvalue weighted by Crippen LogP contribution is 2.35. The van der Waals surface area contributed by atoms with Crippen LogP contribution >= 0.6 is 0 Å². The van der Waals surface area contributed by atoms with Gasteiger partial charge in [0.1, 0.15) is 0 Å². The molecule has 0 aromatic heterocycles. The molecule has 9 heteroatoms. The van der Waals surface area contributed by atoms with Crippen LogP contribution in [-0.4, -0.2) is 25.2 Å². The number of alkyl halides is 3. The van der Waals surface area contributed by atoms with Crippen LogP contribution in [0.1, 0.15) is 12.0 Å². The molecule has 1 saturated heterocycles. The molecule has 0 spiro atoms. The molecule has 2 aromatic rings. The van der Waals surface area contributed by atoms with Crippen molar-refractivity contribution in [3.63, 3.8) is 0 Å². The minimum Gasteiger partial charge on any atom is -0.454 e. The second-order valence-corrected chi connectivity index (χ2v) is 6.51. The summed E-state index contributed by atoms with van der Waals surface area (Å²) in [5.41, 5.74) is -0.233. The van der Waals surface area contributed by atoms with Crippen LogP contribution in [0.2, 0.25) is 0 Å². The van der Waals surface area contributed by atoms with Gasteiger partial charge in [-0.25, -0.2) is 0 Å². The minimum atomic E-state index is -4.51. The molecule has 1 fully saturated rings. The highest BCUT2D eigenvalue weighted by Gasteiger charge is 2.37. The molecule has 2 aliphatic rings. The molecule has 4 rings (SSSR count). The summed E-state index contributed by atoms with van der Waals surface area (Å²) in [7, 11) is 0. The molecule has 2 amide bonds. The van der Waals surface area contributed by atoms with Crippen LogP contribution in [0.4, 0.5) is 24.5 Å². The number of benzene rings is 2. The first-order chi connectivity index (χ1) is 13.3. The third kappa shape index (κ3) is 3.47. The summed E-state index contributed by atoms with van der Waals surface area (Å²) >= 11 is 0. The zero-order valence-electron chi connectivity index (χ0n) is 14.5. The number of nitrogens with zero attached hydrogens (tertiary/aromatic N) is 1. The molecule has 2 aliphatic heterocycles. The fraction of sp³-hybridized carbons (Fsp3) is 0.263. The highest BCUT2D eigenvalue weighted by molar-refractivity contribution is 6.03. The topological polar surface area (TPSA) is 67.9 Å². The highest BCUT2D eigenvalue weighted by atomic mass is 19.4. The number of rotatable bonds is 3. The Kier molecular flexibility index (Phi) is 4.37. The van der Waals surface area contributed by atoms with E-state index >= 15 is 0 Å². The Labute approximate surface area is 157 Å². The van der Waals surface area contributed by atoms with Gasteiger partial charge in [-0.1, -0.05) is 6.07 Å². The first-order valence-electron chi connectivity index (χ1n) is 8.49. The Balaban J connectivity index is 1.46. The summed E-state index contributed by atoms with van der Waals surface area (Å²) in [6.45, 7) is 0.117. The lowest BCUT2D eigenvalue weighted by Crippen LogP contribution is -2.28. The summed E-state index contributed by atoms with van der Waals surface area (Å²) in [6.07, 6.45) is -4.58. The zero-order chi connectivity index (χ0) is 19.9. The minimum absolute atomic E-state index is 0.0104. The summed E-state index contributed by atoms with van der Waals surface area (Å²) in [5, 5.41) is 2.71. The molecule has 0 saturated carbocycles. The molecule has 0 radical (unpaired) electrons. The van der Waals surface area contributed by atoms with Crippen molar-refractivity contribution in [1.82, 2.24) is 0 Å². The SMILES string of the molecule is O=C(Nc1ccc2c(c1)OCO2)[C@H]1CC(=O)N(c2cccc(C(F)(F)F)c2)C1. The van der Waals surface area contributed by atoms with E-state index < -0.39 is 23.6 Å². The molecule has 1 N–H and O–H groups in total. The van der Waals surface area contributed by atoms with Gasteiger partial charge >= 0.3 is 6.18 Å². The summed E-state index contributed by atoms with van der Waals surface area (Å²) in [4.78, 5) is 26.0. The standard InChI is InChI=1S/C19H15F3N2O4/c20-19(21,22)12-2-1-3-14(7-12)24-9-11(6-17(24)25)18(26)23-13-4-5-15-16(8-13)28-10-27-15/h1-5,7-8,11H,6,9-10H2,(H,23,26)/t11-/m0/s1. The number of nitrogens with one attached hydrogen (secondary N) is 1. The lowest BCUT2D eigenvalue weighted by Gasteiger charge is -2.18. The van der Waals surface area contributed by atoms with Crippen LogP contribution in [0.3, 0.4) is 0 Å². The van der Waals surface area contributed by atoms with Crippen molar-refractivity contribution in [3.8, 4) is 11.5 Å². The van der Waals surface area contributed by atoms with Crippen molar-refractivity contribution in [1.29, 1.82) is 0 Å². The van der Waals surface area contributed by atoms with Crippen molar-refractivity contribution in [2.45, 2.75) is 12.6 Å². The number of amides is 2. The molecule has 2 heterocycles. The van der Waals surface area contributed by atoms with E-state index in [-0.39, 0.29) is 31.4 Å². The second kappa shape index (κ2) is 6.74. The predicted molar refractivity (Wildman–Crippen MR) is 93.1 cm³/mol. The van der Waals surface area contributed by atoms with Crippen LogP contribution < -0.4 is 19.7 Å². The van der Waals surface area contributed by atoms with E-state index in [0.717, 1.165) is 12.1 Å². The Morgan fingerprint density at radius 2 is 1.89 bits per heavy atom. The fourth-order valence-electron chi connectivity index (χ4n) is 3.20. The van der Waals surface area contributed by atoms with E-state index in [4.69, 9.17) is 9.47 Å². The monoisotopic (exact) mass is 392 g/mol. The van der Waals surface area contributed by atoms with Gasteiger partial charge in [0.25, 0.3) is 0 Å². The Morgan fingerprint density at radius 3 is 2.68 bits per heavy atom. The van der Waals surface area contributed by atoms with Crippen LogP contribution in [0, 0.1) is 5.92 Å². The molecule has 6 nitrogen and oxygen atoms in total. The molecule has 28 heavy (non-hydrogen) atoms. The largest absolute Gasteiger partial charge is 0.454 e. The number of carbonyl (C=O) groups excluding carboxylic acids is 2. The summed E-state index contributed by atoms with van der Waals surface area (Å²) in [5.74, 6) is -0.380. The van der Waals surface area contributed by atoms with E-state index in [1.165, 1.54) is 17.0 Å². The molecular formula is C19H15F3N2O4. The van der Waals surface area contributed by atoms with Gasteiger partial charge in [-0.15, -0.1) is 0 Å². The van der Waals surface area contributed by atoms with Crippen molar-refractivity contribution >= 4 is 23.2 Å². The average Bonchev–Trinajstić information content (AvgIpc) is 3.27. The normalized spacial score (nSPS) is 18.5. The van der Waals surface area contributed by atoms with Gasteiger partial charge in [0.15, 0.2) is 11.5 Å². The van der Waals surface area contributed by atoms with Gasteiger partial charge in [0.05, 0.1) is 11.5 Å². The Morgan fingerprint density at radius 1 is 1.11 bits per heavy atom. The van der Waals surface area contributed by atoms with Gasteiger partial charge in [-0.05, 0) is 30.3 Å². The maximum Gasteiger partial charge on any atom is 0.416 e. The predicted octanol–water partition coefficient (Wildman–Crippen LogP) is 3.43. The van der Waals surface area contributed by atoms with E-state index in [1.807, 2.05) is 0 Å². The summed E-state index contributed by atoms with van der Waals surface area (Å²) < 4.78 is 49.2. The van der Waals surface area contributed by atoms with Crippen LogP contribution in [0.25, 0.3) is 0 Å². The molecule has 0 aliphatic carbocycles. The maximum atomic E-state index is 12.9. The van der Waals surface area contributed by atoms with Gasteiger partial charge in [-0.3, -0.25) is 9.59 Å². The number of anilines is 2. The average molecular weight is 392 g/mol. The van der Waals surface area contributed by atoms with E-state index in [2.05, 4.69) is 5.32 Å².